The maximum atomic E-state index is 11.0. The fraction of sp³-hybridized carbons (Fsp3) is 0.500. The summed E-state index contributed by atoms with van der Waals surface area (Å²) in [5, 5.41) is 2.29. The molecule has 0 atom stereocenters. The number of nitrogen functional groups attached to an aromatic ring is 1. The molecule has 6 nitrogen and oxygen atoms in total. The van der Waals surface area contributed by atoms with Crippen LogP contribution in [0.1, 0.15) is 33.3 Å². The average molecular weight is 310 g/mol. The minimum absolute atomic E-state index is 0.164. The van der Waals surface area contributed by atoms with E-state index in [-0.39, 0.29) is 6.54 Å². The Kier molecular flexibility index (Phi) is 8.67. The number of benzene rings is 1. The van der Waals surface area contributed by atoms with Crippen molar-refractivity contribution in [3.8, 4) is 0 Å². The van der Waals surface area contributed by atoms with Crippen LogP contribution in [0.25, 0.3) is 0 Å². The Labute approximate surface area is 132 Å². The van der Waals surface area contributed by atoms with Crippen molar-refractivity contribution in [3.05, 3.63) is 29.8 Å². The van der Waals surface area contributed by atoms with E-state index in [1.165, 1.54) is 5.56 Å². The first-order valence-electron chi connectivity index (χ1n) is 7.08. The molecule has 0 bridgehead atoms. The van der Waals surface area contributed by atoms with Crippen molar-refractivity contribution < 1.29 is 19.1 Å². The Morgan fingerprint density at radius 3 is 2.14 bits per heavy atom. The Balaban J connectivity index is 0.000000461. The minimum atomic E-state index is -0.620. The lowest BCUT2D eigenvalue weighted by Crippen LogP contribution is -2.36. The van der Waals surface area contributed by atoms with E-state index < -0.39 is 17.7 Å². The Morgan fingerprint density at radius 1 is 1.18 bits per heavy atom. The minimum Gasteiger partial charge on any atom is -0.465 e. The molecule has 6 heteroatoms. The molecule has 0 saturated heterocycles. The van der Waals surface area contributed by atoms with Crippen molar-refractivity contribution in [3.63, 3.8) is 0 Å². The molecule has 0 unspecified atom stereocenters. The number of ether oxygens (including phenoxy) is 2. The highest BCUT2D eigenvalue weighted by Gasteiger charge is 2.16. The lowest BCUT2D eigenvalue weighted by atomic mass is 10.2. The van der Waals surface area contributed by atoms with Crippen molar-refractivity contribution in [2.45, 2.75) is 40.2 Å². The first kappa shape index (κ1) is 19.8. The lowest BCUT2D eigenvalue weighted by molar-refractivity contribution is -0.142. The number of nitrogens with one attached hydrogen (secondary N) is 1. The van der Waals surface area contributed by atoms with Gasteiger partial charge in [-0.3, -0.25) is 4.79 Å². The summed E-state index contributed by atoms with van der Waals surface area (Å²) < 4.78 is 9.52. The maximum Gasteiger partial charge on any atom is 0.408 e. The number of aryl methyl sites for hydroxylation is 1. The third-order valence-electron chi connectivity index (χ3n) is 2.16. The third kappa shape index (κ3) is 11.6. The van der Waals surface area contributed by atoms with Gasteiger partial charge in [-0.2, -0.15) is 0 Å². The third-order valence-corrected chi connectivity index (χ3v) is 2.16. The number of carbonyl (C=O) groups excluding carboxylic acids is 2. The number of nitrogens with two attached hydrogens (primary N) is 1. The van der Waals surface area contributed by atoms with E-state index in [0.717, 1.165) is 5.69 Å². The number of hydrogen-bond donors (Lipinski definition) is 2. The molecule has 0 aliphatic carbocycles. The predicted molar refractivity (Wildman–Crippen MR) is 86.5 cm³/mol. The van der Waals surface area contributed by atoms with E-state index in [0.29, 0.717) is 6.61 Å². The van der Waals surface area contributed by atoms with Gasteiger partial charge in [0, 0.05) is 5.69 Å². The standard InChI is InChI=1S/C9H17NO4.C7H9N/c1-5-13-7(11)6-10-8(12)14-9(2,3)4;1-6-2-4-7(8)5-3-6/h5-6H2,1-4H3,(H,10,12);2-5H,8H2,1H3. The largest absolute Gasteiger partial charge is 0.465 e. The van der Waals surface area contributed by atoms with E-state index in [9.17, 15) is 9.59 Å². The summed E-state index contributed by atoms with van der Waals surface area (Å²) in [6.45, 7) is 9.12. The second kappa shape index (κ2) is 9.65. The van der Waals surface area contributed by atoms with Crippen LogP contribution in [-0.4, -0.2) is 30.8 Å². The van der Waals surface area contributed by atoms with Gasteiger partial charge < -0.3 is 20.5 Å². The Morgan fingerprint density at radius 2 is 1.73 bits per heavy atom. The van der Waals surface area contributed by atoms with Crippen LogP contribution in [0.15, 0.2) is 24.3 Å². The summed E-state index contributed by atoms with van der Waals surface area (Å²) in [6, 6.07) is 7.79. The molecular weight excluding hydrogens is 284 g/mol. The highest BCUT2D eigenvalue weighted by Crippen LogP contribution is 2.06. The maximum absolute atomic E-state index is 11.0. The molecular formula is C16H26N2O4. The van der Waals surface area contributed by atoms with Crippen LogP contribution in [-0.2, 0) is 14.3 Å². The molecule has 1 aromatic carbocycles. The van der Waals surface area contributed by atoms with Crippen LogP contribution >= 0.6 is 0 Å². The van der Waals surface area contributed by atoms with Gasteiger partial charge in [-0.15, -0.1) is 0 Å². The molecule has 0 fully saturated rings. The van der Waals surface area contributed by atoms with Crippen LogP contribution in [0.2, 0.25) is 0 Å². The average Bonchev–Trinajstić information content (AvgIpc) is 2.39. The van der Waals surface area contributed by atoms with Crippen LogP contribution in [0.4, 0.5) is 10.5 Å². The quantitative estimate of drug-likeness (QED) is 0.661. The van der Waals surface area contributed by atoms with Gasteiger partial charge in [0.05, 0.1) is 6.61 Å². The van der Waals surface area contributed by atoms with E-state index in [1.807, 2.05) is 31.2 Å². The van der Waals surface area contributed by atoms with Gasteiger partial charge in [0.25, 0.3) is 0 Å². The molecule has 0 heterocycles. The van der Waals surface area contributed by atoms with Crippen LogP contribution in [0, 0.1) is 6.92 Å². The number of esters is 1. The molecule has 1 aromatic rings. The number of hydrogen-bond acceptors (Lipinski definition) is 5. The fourth-order valence-electron chi connectivity index (χ4n) is 1.24. The molecule has 0 aromatic heterocycles. The van der Waals surface area contributed by atoms with Crippen LogP contribution in [0.3, 0.4) is 0 Å². The van der Waals surface area contributed by atoms with Crippen molar-refractivity contribution in [2.75, 3.05) is 18.9 Å². The number of alkyl carbamates (subject to hydrolysis) is 1. The van der Waals surface area contributed by atoms with Crippen LogP contribution < -0.4 is 11.1 Å². The number of carbonyl (C=O) groups is 2. The smallest absolute Gasteiger partial charge is 0.408 e. The molecule has 22 heavy (non-hydrogen) atoms. The topological polar surface area (TPSA) is 90.6 Å². The number of amides is 1. The van der Waals surface area contributed by atoms with E-state index in [1.54, 1.807) is 27.7 Å². The van der Waals surface area contributed by atoms with E-state index in [4.69, 9.17) is 10.5 Å². The van der Waals surface area contributed by atoms with Gasteiger partial charge in [0.1, 0.15) is 12.1 Å². The number of anilines is 1. The molecule has 0 aliphatic heterocycles. The summed E-state index contributed by atoms with van der Waals surface area (Å²) in [5.74, 6) is -0.474. The normalized spacial score (nSPS) is 10.0. The monoisotopic (exact) mass is 310 g/mol. The zero-order chi connectivity index (χ0) is 17.2. The molecule has 0 spiro atoms. The SMILES string of the molecule is CCOC(=O)CNC(=O)OC(C)(C)C.Cc1ccc(N)cc1. The van der Waals surface area contributed by atoms with E-state index in [2.05, 4.69) is 10.1 Å². The first-order chi connectivity index (χ1) is 10.1. The molecule has 1 rings (SSSR count). The summed E-state index contributed by atoms with van der Waals surface area (Å²) in [5.41, 5.74) is 6.95. The van der Waals surface area contributed by atoms with Gasteiger partial charge in [-0.25, -0.2) is 4.79 Å². The van der Waals surface area contributed by atoms with Crippen molar-refractivity contribution in [2.24, 2.45) is 0 Å². The van der Waals surface area contributed by atoms with Gasteiger partial charge in [0.2, 0.25) is 0 Å². The number of rotatable bonds is 3. The zero-order valence-electron chi connectivity index (χ0n) is 13.9. The van der Waals surface area contributed by atoms with Crippen molar-refractivity contribution in [1.82, 2.24) is 5.32 Å². The van der Waals surface area contributed by atoms with Crippen LogP contribution in [0.5, 0.6) is 0 Å². The lowest BCUT2D eigenvalue weighted by Gasteiger charge is -2.19. The molecule has 0 saturated carbocycles. The highest BCUT2D eigenvalue weighted by atomic mass is 16.6. The second-order valence-corrected chi connectivity index (χ2v) is 5.57. The van der Waals surface area contributed by atoms with Crippen molar-refractivity contribution >= 4 is 17.7 Å². The summed E-state index contributed by atoms with van der Waals surface area (Å²) >= 11 is 0. The fourth-order valence-corrected chi connectivity index (χ4v) is 1.24. The summed E-state index contributed by atoms with van der Waals surface area (Å²) in [4.78, 5) is 21.8. The Hall–Kier alpha value is -2.24. The molecule has 124 valence electrons. The predicted octanol–water partition coefficient (Wildman–Crippen LogP) is 2.65. The first-order valence-corrected chi connectivity index (χ1v) is 7.08. The zero-order valence-corrected chi connectivity index (χ0v) is 13.9. The molecule has 1 amide bonds. The summed E-state index contributed by atoms with van der Waals surface area (Å²) in [7, 11) is 0. The van der Waals surface area contributed by atoms with Crippen molar-refractivity contribution in [1.29, 1.82) is 0 Å². The van der Waals surface area contributed by atoms with Gasteiger partial charge in [-0.1, -0.05) is 17.7 Å². The molecule has 0 radical (unpaired) electrons. The second-order valence-electron chi connectivity index (χ2n) is 5.57. The van der Waals surface area contributed by atoms with E-state index >= 15 is 0 Å². The highest BCUT2D eigenvalue weighted by molar-refractivity contribution is 5.77. The molecule has 0 aliphatic rings. The van der Waals surface area contributed by atoms with Gasteiger partial charge >= 0.3 is 12.1 Å². The summed E-state index contributed by atoms with van der Waals surface area (Å²) in [6.07, 6.45) is -0.620. The van der Waals surface area contributed by atoms with Gasteiger partial charge in [-0.05, 0) is 46.8 Å². The molecule has 3 N–H and O–H groups in total. The van der Waals surface area contributed by atoms with Gasteiger partial charge in [0.15, 0.2) is 0 Å². The Bertz CT molecular complexity index is 443.